The van der Waals surface area contributed by atoms with E-state index in [0.717, 1.165) is 10.0 Å². The third-order valence-electron chi connectivity index (χ3n) is 2.30. The zero-order valence-electron chi connectivity index (χ0n) is 9.34. The van der Waals surface area contributed by atoms with Crippen molar-refractivity contribution in [2.45, 2.75) is 6.61 Å². The molecule has 0 aliphatic heterocycles. The van der Waals surface area contributed by atoms with Gasteiger partial charge in [-0.25, -0.2) is 9.78 Å². The number of aromatic nitrogens is 1. The molecule has 1 aromatic heterocycles. The topological polar surface area (TPSA) is 59.4 Å². The lowest BCUT2D eigenvalue weighted by Gasteiger charge is -2.07. The van der Waals surface area contributed by atoms with Gasteiger partial charge in [0.2, 0.25) is 0 Å². The molecule has 92 valence electrons. The summed E-state index contributed by atoms with van der Waals surface area (Å²) in [5.41, 5.74) is 0.964. The van der Waals surface area contributed by atoms with E-state index in [1.807, 2.05) is 24.3 Å². The largest absolute Gasteiger partial charge is 0.489 e. The maximum absolute atomic E-state index is 10.8. The number of rotatable bonds is 4. The van der Waals surface area contributed by atoms with Crippen LogP contribution in [0.5, 0.6) is 5.75 Å². The minimum Gasteiger partial charge on any atom is -0.489 e. The quantitative estimate of drug-likeness (QED) is 0.943. The molecule has 0 spiro atoms. The van der Waals surface area contributed by atoms with Gasteiger partial charge in [0.15, 0.2) is 5.69 Å². The maximum atomic E-state index is 10.8. The average Bonchev–Trinajstić information content (AvgIpc) is 2.38. The summed E-state index contributed by atoms with van der Waals surface area (Å²) in [6.45, 7) is 0.366. The molecule has 2 rings (SSSR count). The van der Waals surface area contributed by atoms with Gasteiger partial charge in [-0.15, -0.1) is 0 Å². The zero-order chi connectivity index (χ0) is 13.0. The van der Waals surface area contributed by atoms with E-state index < -0.39 is 5.97 Å². The fraction of sp³-hybridized carbons (Fsp3) is 0.0769. The van der Waals surface area contributed by atoms with Crippen LogP contribution in [0, 0.1) is 0 Å². The van der Waals surface area contributed by atoms with Gasteiger partial charge in [0, 0.05) is 22.3 Å². The van der Waals surface area contributed by atoms with Gasteiger partial charge in [-0.1, -0.05) is 34.1 Å². The van der Waals surface area contributed by atoms with E-state index in [2.05, 4.69) is 20.9 Å². The molecule has 0 saturated heterocycles. The Labute approximate surface area is 112 Å². The van der Waals surface area contributed by atoms with Crippen LogP contribution in [0.2, 0.25) is 0 Å². The number of benzene rings is 1. The van der Waals surface area contributed by atoms with Crippen LogP contribution in [0.4, 0.5) is 0 Å². The molecule has 0 radical (unpaired) electrons. The van der Waals surface area contributed by atoms with Crippen LogP contribution in [-0.2, 0) is 6.61 Å². The molecule has 0 amide bonds. The van der Waals surface area contributed by atoms with Gasteiger partial charge in [-0.05, 0) is 12.1 Å². The van der Waals surface area contributed by atoms with Gasteiger partial charge in [0.25, 0.3) is 0 Å². The number of aromatic carboxylic acids is 1. The van der Waals surface area contributed by atoms with Gasteiger partial charge in [-0.2, -0.15) is 0 Å². The number of hydrogen-bond donors (Lipinski definition) is 1. The SMILES string of the molecule is O=C(O)c1cc(OCc2ccccc2Br)ccn1. The second-order valence-electron chi connectivity index (χ2n) is 3.56. The van der Waals surface area contributed by atoms with E-state index in [9.17, 15) is 4.79 Å². The average molecular weight is 308 g/mol. The summed E-state index contributed by atoms with van der Waals surface area (Å²) in [5.74, 6) is -0.584. The number of carboxylic acids is 1. The highest BCUT2D eigenvalue weighted by Crippen LogP contribution is 2.19. The van der Waals surface area contributed by atoms with Crippen molar-refractivity contribution in [1.29, 1.82) is 0 Å². The number of carboxylic acid groups (broad SMARTS) is 1. The third kappa shape index (κ3) is 3.07. The van der Waals surface area contributed by atoms with Crippen molar-refractivity contribution in [2.75, 3.05) is 0 Å². The summed E-state index contributed by atoms with van der Waals surface area (Å²) in [4.78, 5) is 14.5. The molecule has 5 heteroatoms. The normalized spacial score (nSPS) is 10.1. The van der Waals surface area contributed by atoms with Crippen LogP contribution < -0.4 is 4.74 Å². The Morgan fingerprint density at radius 2 is 2.11 bits per heavy atom. The van der Waals surface area contributed by atoms with Gasteiger partial charge in [-0.3, -0.25) is 0 Å². The van der Waals surface area contributed by atoms with Crippen LogP contribution in [-0.4, -0.2) is 16.1 Å². The second kappa shape index (κ2) is 5.64. The van der Waals surface area contributed by atoms with E-state index >= 15 is 0 Å². The minimum absolute atomic E-state index is 0.0281. The fourth-order valence-electron chi connectivity index (χ4n) is 1.39. The number of hydrogen-bond acceptors (Lipinski definition) is 3. The van der Waals surface area contributed by atoms with Crippen LogP contribution in [0.1, 0.15) is 16.1 Å². The molecule has 0 atom stereocenters. The summed E-state index contributed by atoms with van der Waals surface area (Å²) in [7, 11) is 0. The molecular weight excluding hydrogens is 298 g/mol. The first-order valence-corrected chi connectivity index (χ1v) is 6.01. The Kier molecular flexibility index (Phi) is 3.94. The first-order chi connectivity index (χ1) is 8.66. The summed E-state index contributed by atoms with van der Waals surface area (Å²) in [6, 6.07) is 10.7. The summed E-state index contributed by atoms with van der Waals surface area (Å²) >= 11 is 3.42. The predicted molar refractivity (Wildman–Crippen MR) is 69.7 cm³/mol. The Bertz CT molecular complexity index is 572. The lowest BCUT2D eigenvalue weighted by atomic mass is 10.2. The zero-order valence-corrected chi connectivity index (χ0v) is 10.9. The third-order valence-corrected chi connectivity index (χ3v) is 3.08. The Hall–Kier alpha value is -1.88. The highest BCUT2D eigenvalue weighted by molar-refractivity contribution is 9.10. The highest BCUT2D eigenvalue weighted by atomic mass is 79.9. The summed E-state index contributed by atoms with van der Waals surface area (Å²) < 4.78 is 6.49. The number of ether oxygens (including phenoxy) is 1. The first kappa shape index (κ1) is 12.6. The van der Waals surface area contributed by atoms with Crippen molar-refractivity contribution in [3.63, 3.8) is 0 Å². The summed E-state index contributed by atoms with van der Waals surface area (Å²) in [5, 5.41) is 8.81. The smallest absolute Gasteiger partial charge is 0.354 e. The van der Waals surface area contributed by atoms with Crippen LogP contribution in [0.15, 0.2) is 47.1 Å². The minimum atomic E-state index is -1.07. The molecular formula is C13H10BrNO3. The van der Waals surface area contributed by atoms with Crippen molar-refractivity contribution in [3.05, 3.63) is 58.3 Å². The predicted octanol–water partition coefficient (Wildman–Crippen LogP) is 3.12. The van der Waals surface area contributed by atoms with Crippen molar-refractivity contribution < 1.29 is 14.6 Å². The fourth-order valence-corrected chi connectivity index (χ4v) is 1.79. The van der Waals surface area contributed by atoms with Gasteiger partial charge in [0.05, 0.1) is 0 Å². The molecule has 0 aliphatic rings. The number of halogens is 1. The van der Waals surface area contributed by atoms with Gasteiger partial charge >= 0.3 is 5.97 Å². The van der Waals surface area contributed by atoms with Crippen molar-refractivity contribution >= 4 is 21.9 Å². The molecule has 4 nitrogen and oxygen atoms in total. The molecule has 18 heavy (non-hydrogen) atoms. The molecule has 1 N–H and O–H groups in total. The Morgan fingerprint density at radius 1 is 1.33 bits per heavy atom. The van der Waals surface area contributed by atoms with Crippen LogP contribution in [0.3, 0.4) is 0 Å². The maximum Gasteiger partial charge on any atom is 0.354 e. The van der Waals surface area contributed by atoms with E-state index in [1.165, 1.54) is 12.3 Å². The monoisotopic (exact) mass is 307 g/mol. The lowest BCUT2D eigenvalue weighted by Crippen LogP contribution is -2.01. The van der Waals surface area contributed by atoms with Crippen LogP contribution in [0.25, 0.3) is 0 Å². The second-order valence-corrected chi connectivity index (χ2v) is 4.42. The van der Waals surface area contributed by atoms with Gasteiger partial charge < -0.3 is 9.84 Å². The molecule has 0 fully saturated rings. The van der Waals surface area contributed by atoms with Gasteiger partial charge in [0.1, 0.15) is 12.4 Å². The number of nitrogens with zero attached hydrogens (tertiary/aromatic N) is 1. The Balaban J connectivity index is 2.09. The van der Waals surface area contributed by atoms with E-state index in [1.54, 1.807) is 6.07 Å². The Morgan fingerprint density at radius 3 is 2.83 bits per heavy atom. The lowest BCUT2D eigenvalue weighted by molar-refractivity contribution is 0.0690. The molecule has 0 saturated carbocycles. The first-order valence-electron chi connectivity index (χ1n) is 5.22. The van der Waals surface area contributed by atoms with Crippen molar-refractivity contribution in [3.8, 4) is 5.75 Å². The summed E-state index contributed by atoms with van der Waals surface area (Å²) in [6.07, 6.45) is 1.42. The van der Waals surface area contributed by atoms with E-state index in [4.69, 9.17) is 9.84 Å². The molecule has 2 aromatic rings. The molecule has 0 aliphatic carbocycles. The highest BCUT2D eigenvalue weighted by Gasteiger charge is 2.06. The number of pyridine rings is 1. The van der Waals surface area contributed by atoms with E-state index in [0.29, 0.717) is 12.4 Å². The van der Waals surface area contributed by atoms with Crippen molar-refractivity contribution in [1.82, 2.24) is 4.98 Å². The molecule has 1 aromatic carbocycles. The standard InChI is InChI=1S/C13H10BrNO3/c14-11-4-2-1-3-9(11)8-18-10-5-6-15-12(7-10)13(16)17/h1-7H,8H2,(H,16,17). The molecule has 1 heterocycles. The molecule has 0 unspecified atom stereocenters. The van der Waals surface area contributed by atoms with Crippen LogP contribution >= 0.6 is 15.9 Å². The van der Waals surface area contributed by atoms with E-state index in [-0.39, 0.29) is 5.69 Å². The van der Waals surface area contributed by atoms with Crippen molar-refractivity contribution in [2.24, 2.45) is 0 Å². The molecule has 0 bridgehead atoms. The number of carbonyl (C=O) groups is 1.